The molecule has 0 bridgehead atoms. The van der Waals surface area contributed by atoms with Gasteiger partial charge in [0.15, 0.2) is 0 Å². The van der Waals surface area contributed by atoms with Crippen molar-refractivity contribution in [3.8, 4) is 0 Å². The minimum Gasteiger partial charge on any atom is -0.350 e. The smallest absolute Gasteiger partial charge is 0.350 e. The summed E-state index contributed by atoms with van der Waals surface area (Å²) in [6.07, 6.45) is -4.84. The van der Waals surface area contributed by atoms with Crippen molar-refractivity contribution in [3.63, 3.8) is 0 Å². The van der Waals surface area contributed by atoms with E-state index in [9.17, 15) is 28.1 Å². The van der Waals surface area contributed by atoms with Crippen molar-refractivity contribution in [1.82, 2.24) is 5.32 Å². The fourth-order valence-corrected chi connectivity index (χ4v) is 1.70. The van der Waals surface area contributed by atoms with Gasteiger partial charge in [0.05, 0.1) is 16.1 Å². The Morgan fingerprint density at radius 2 is 1.95 bits per heavy atom. The molecule has 0 heterocycles. The van der Waals surface area contributed by atoms with E-state index in [0.717, 1.165) is 0 Å². The molecule has 0 aliphatic rings. The molecule has 0 radical (unpaired) electrons. The number of carbonyl (C=O) groups is 1. The number of nitro benzene ring substituents is 1. The molecule has 20 heavy (non-hydrogen) atoms. The summed E-state index contributed by atoms with van der Waals surface area (Å²) in [7, 11) is 0. The molecule has 1 rings (SSSR count). The molecule has 0 aliphatic heterocycles. The third-order valence-corrected chi connectivity index (χ3v) is 2.56. The Morgan fingerprint density at radius 3 is 2.35 bits per heavy atom. The SMILES string of the molecule is CC(C)NC(=O)c1cc([N+](=O)[O-])c(Cl)cc1C(F)(F)F. The summed E-state index contributed by atoms with van der Waals surface area (Å²) in [6.45, 7) is 3.10. The van der Waals surface area contributed by atoms with Crippen LogP contribution in [0.1, 0.15) is 29.8 Å². The van der Waals surface area contributed by atoms with Crippen LogP contribution < -0.4 is 5.32 Å². The lowest BCUT2D eigenvalue weighted by Gasteiger charge is -2.14. The van der Waals surface area contributed by atoms with Gasteiger partial charge in [-0.15, -0.1) is 0 Å². The van der Waals surface area contributed by atoms with Gasteiger partial charge in [-0.1, -0.05) is 11.6 Å². The molecule has 0 saturated carbocycles. The first-order chi connectivity index (χ1) is 9.04. The summed E-state index contributed by atoms with van der Waals surface area (Å²) in [4.78, 5) is 21.5. The summed E-state index contributed by atoms with van der Waals surface area (Å²) in [5, 5.41) is 12.3. The van der Waals surface area contributed by atoms with Crippen LogP contribution in [0.2, 0.25) is 5.02 Å². The highest BCUT2D eigenvalue weighted by molar-refractivity contribution is 6.33. The molecule has 1 amide bonds. The second kappa shape index (κ2) is 5.66. The number of carbonyl (C=O) groups excluding carboxylic acids is 1. The maximum absolute atomic E-state index is 12.9. The van der Waals surface area contributed by atoms with Crippen molar-refractivity contribution in [2.75, 3.05) is 0 Å². The predicted molar refractivity (Wildman–Crippen MR) is 65.7 cm³/mol. The standard InChI is InChI=1S/C11H10ClF3N2O3/c1-5(2)16-10(18)6-3-9(17(19)20)8(12)4-7(6)11(13,14)15/h3-5H,1-2H3,(H,16,18). The topological polar surface area (TPSA) is 72.2 Å². The molecule has 1 N–H and O–H groups in total. The Kier molecular flexibility index (Phi) is 4.59. The molecule has 1 aromatic rings. The van der Waals surface area contributed by atoms with Gasteiger partial charge < -0.3 is 5.32 Å². The van der Waals surface area contributed by atoms with Gasteiger partial charge in [-0.05, 0) is 19.9 Å². The summed E-state index contributed by atoms with van der Waals surface area (Å²) < 4.78 is 38.6. The van der Waals surface area contributed by atoms with E-state index in [4.69, 9.17) is 11.6 Å². The van der Waals surface area contributed by atoms with Gasteiger partial charge in [0.1, 0.15) is 5.02 Å². The fourth-order valence-electron chi connectivity index (χ4n) is 1.46. The van der Waals surface area contributed by atoms with E-state index in [0.29, 0.717) is 12.1 Å². The zero-order chi connectivity index (χ0) is 15.7. The molecule has 0 spiro atoms. The maximum Gasteiger partial charge on any atom is 0.417 e. The molecular weight excluding hydrogens is 301 g/mol. The van der Waals surface area contributed by atoms with Crippen molar-refractivity contribution in [1.29, 1.82) is 0 Å². The molecule has 5 nitrogen and oxygen atoms in total. The second-order valence-electron chi connectivity index (χ2n) is 4.23. The average molecular weight is 311 g/mol. The number of nitrogens with zero attached hydrogens (tertiary/aromatic N) is 1. The van der Waals surface area contributed by atoms with Crippen LogP contribution in [0.15, 0.2) is 12.1 Å². The van der Waals surface area contributed by atoms with Gasteiger partial charge in [-0.25, -0.2) is 0 Å². The third kappa shape index (κ3) is 3.60. The first-order valence-electron chi connectivity index (χ1n) is 5.40. The zero-order valence-electron chi connectivity index (χ0n) is 10.4. The van der Waals surface area contributed by atoms with Gasteiger partial charge in [0.2, 0.25) is 0 Å². The van der Waals surface area contributed by atoms with Crippen LogP contribution in [0.3, 0.4) is 0 Å². The Bertz CT molecular complexity index is 559. The summed E-state index contributed by atoms with van der Waals surface area (Å²) >= 11 is 5.44. The number of amides is 1. The molecule has 0 saturated heterocycles. The monoisotopic (exact) mass is 310 g/mol. The normalized spacial score (nSPS) is 11.6. The van der Waals surface area contributed by atoms with Gasteiger partial charge in [-0.3, -0.25) is 14.9 Å². The highest BCUT2D eigenvalue weighted by Crippen LogP contribution is 2.37. The number of alkyl halides is 3. The van der Waals surface area contributed by atoms with Gasteiger partial charge >= 0.3 is 6.18 Å². The molecule has 9 heteroatoms. The molecular formula is C11H10ClF3N2O3. The Balaban J connectivity index is 3.48. The molecule has 0 unspecified atom stereocenters. The van der Waals surface area contributed by atoms with Gasteiger partial charge in [0.25, 0.3) is 11.6 Å². The minimum atomic E-state index is -4.84. The zero-order valence-corrected chi connectivity index (χ0v) is 11.2. The van der Waals surface area contributed by atoms with Gasteiger partial charge in [0, 0.05) is 12.1 Å². The number of rotatable bonds is 3. The summed E-state index contributed by atoms with van der Waals surface area (Å²) in [6, 6.07) is 0.496. The fraction of sp³-hybridized carbons (Fsp3) is 0.364. The Hall–Kier alpha value is -1.83. The summed E-state index contributed by atoms with van der Waals surface area (Å²) in [5.41, 5.74) is -2.90. The number of benzene rings is 1. The lowest BCUT2D eigenvalue weighted by atomic mass is 10.0. The van der Waals surface area contributed by atoms with Crippen LogP contribution in [0, 0.1) is 10.1 Å². The average Bonchev–Trinajstić information content (AvgIpc) is 2.25. The number of nitro groups is 1. The largest absolute Gasteiger partial charge is 0.417 e. The molecule has 110 valence electrons. The van der Waals surface area contributed by atoms with E-state index in [1.807, 2.05) is 0 Å². The second-order valence-corrected chi connectivity index (χ2v) is 4.64. The maximum atomic E-state index is 12.9. The van der Waals surface area contributed by atoms with Crippen LogP contribution in [0.4, 0.5) is 18.9 Å². The van der Waals surface area contributed by atoms with Crippen molar-refractivity contribution in [2.45, 2.75) is 26.1 Å². The molecule has 0 atom stereocenters. The van der Waals surface area contributed by atoms with Gasteiger partial charge in [-0.2, -0.15) is 13.2 Å². The van der Waals surface area contributed by atoms with E-state index in [2.05, 4.69) is 5.32 Å². The van der Waals surface area contributed by atoms with Crippen molar-refractivity contribution < 1.29 is 22.9 Å². The van der Waals surface area contributed by atoms with E-state index in [1.165, 1.54) is 0 Å². The molecule has 0 fully saturated rings. The predicted octanol–water partition coefficient (Wildman–Crippen LogP) is 3.41. The highest BCUT2D eigenvalue weighted by Gasteiger charge is 2.37. The van der Waals surface area contributed by atoms with Crippen molar-refractivity contribution in [3.05, 3.63) is 38.4 Å². The van der Waals surface area contributed by atoms with Crippen LogP contribution in [0.5, 0.6) is 0 Å². The number of hydrogen-bond acceptors (Lipinski definition) is 3. The van der Waals surface area contributed by atoms with E-state index in [-0.39, 0.29) is 0 Å². The van der Waals surface area contributed by atoms with Crippen LogP contribution in [-0.2, 0) is 6.18 Å². The minimum absolute atomic E-state index is 0.384. The first kappa shape index (κ1) is 16.2. The lowest BCUT2D eigenvalue weighted by Crippen LogP contribution is -2.32. The summed E-state index contributed by atoms with van der Waals surface area (Å²) in [5.74, 6) is -1.05. The lowest BCUT2D eigenvalue weighted by molar-refractivity contribution is -0.384. The Morgan fingerprint density at radius 1 is 1.40 bits per heavy atom. The quantitative estimate of drug-likeness (QED) is 0.687. The first-order valence-corrected chi connectivity index (χ1v) is 5.77. The van der Waals surface area contributed by atoms with Crippen LogP contribution in [-0.4, -0.2) is 16.9 Å². The molecule has 1 aromatic carbocycles. The Labute approximate surface area is 116 Å². The third-order valence-electron chi connectivity index (χ3n) is 2.25. The van der Waals surface area contributed by atoms with Crippen molar-refractivity contribution >= 4 is 23.2 Å². The van der Waals surface area contributed by atoms with Crippen LogP contribution >= 0.6 is 11.6 Å². The van der Waals surface area contributed by atoms with Crippen molar-refractivity contribution in [2.24, 2.45) is 0 Å². The molecule has 0 aromatic heterocycles. The number of nitrogens with one attached hydrogen (secondary N) is 1. The van der Waals surface area contributed by atoms with Crippen LogP contribution in [0.25, 0.3) is 0 Å². The highest BCUT2D eigenvalue weighted by atomic mass is 35.5. The van der Waals surface area contributed by atoms with E-state index >= 15 is 0 Å². The van der Waals surface area contributed by atoms with E-state index < -0.39 is 44.9 Å². The van der Waals surface area contributed by atoms with E-state index in [1.54, 1.807) is 13.8 Å². The number of halogens is 4. The number of hydrogen-bond donors (Lipinski definition) is 1. The molecule has 0 aliphatic carbocycles.